The van der Waals surface area contributed by atoms with E-state index in [0.29, 0.717) is 32.0 Å². The molecule has 0 atom stereocenters. The zero-order valence-corrected chi connectivity index (χ0v) is 8.69. The minimum atomic E-state index is -0.981. The maximum atomic E-state index is 12.0. The van der Waals surface area contributed by atoms with Crippen LogP contribution in [0.25, 0.3) is 0 Å². The van der Waals surface area contributed by atoms with Crippen LogP contribution in [0.1, 0.15) is 12.8 Å². The average molecular weight is 220 g/mol. The van der Waals surface area contributed by atoms with Crippen molar-refractivity contribution in [2.45, 2.75) is 12.8 Å². The molecule has 1 amide bonds. The first kappa shape index (κ1) is 10.6. The van der Waals surface area contributed by atoms with Crippen molar-refractivity contribution in [2.24, 2.45) is 5.41 Å². The fraction of sp³-hybridized carbons (Fsp3) is 0.500. The van der Waals surface area contributed by atoms with E-state index in [0.717, 1.165) is 0 Å². The number of carbonyl (C=O) groups is 1. The van der Waals surface area contributed by atoms with Crippen molar-refractivity contribution in [3.8, 4) is 6.07 Å². The number of carbonyl (C=O) groups excluding carboxylic acids is 1. The SMILES string of the molecule is N#CC1(C(=O)Nc2ncc[nH]2)CCOCC1. The first-order chi connectivity index (χ1) is 7.77. The first-order valence-electron chi connectivity index (χ1n) is 5.07. The van der Waals surface area contributed by atoms with Gasteiger partial charge in [-0.15, -0.1) is 0 Å². The topological polar surface area (TPSA) is 90.8 Å². The van der Waals surface area contributed by atoms with E-state index in [-0.39, 0.29) is 5.91 Å². The van der Waals surface area contributed by atoms with E-state index in [2.05, 4.69) is 21.4 Å². The van der Waals surface area contributed by atoms with E-state index in [4.69, 9.17) is 10.00 Å². The number of anilines is 1. The number of rotatable bonds is 2. The van der Waals surface area contributed by atoms with Gasteiger partial charge in [-0.2, -0.15) is 5.26 Å². The van der Waals surface area contributed by atoms with E-state index >= 15 is 0 Å². The summed E-state index contributed by atoms with van der Waals surface area (Å²) in [6.45, 7) is 0.887. The number of aromatic amines is 1. The number of imidazole rings is 1. The van der Waals surface area contributed by atoms with E-state index in [1.165, 1.54) is 0 Å². The summed E-state index contributed by atoms with van der Waals surface area (Å²) in [5.41, 5.74) is -0.981. The Morgan fingerprint density at radius 3 is 2.94 bits per heavy atom. The summed E-state index contributed by atoms with van der Waals surface area (Å²) in [5.74, 6) is 0.0550. The third-order valence-electron chi connectivity index (χ3n) is 2.73. The Labute approximate surface area is 92.6 Å². The molecule has 0 saturated carbocycles. The monoisotopic (exact) mass is 220 g/mol. The predicted octanol–water partition coefficient (Wildman–Crippen LogP) is 0.669. The Kier molecular flexibility index (Phi) is 2.88. The van der Waals surface area contributed by atoms with Crippen molar-refractivity contribution in [3.05, 3.63) is 12.4 Å². The predicted molar refractivity (Wildman–Crippen MR) is 55.3 cm³/mol. The van der Waals surface area contributed by atoms with Crippen LogP contribution >= 0.6 is 0 Å². The summed E-state index contributed by atoms with van der Waals surface area (Å²) < 4.78 is 5.16. The smallest absolute Gasteiger partial charge is 0.247 e. The Hall–Kier alpha value is -1.87. The van der Waals surface area contributed by atoms with Gasteiger partial charge in [0.15, 0.2) is 0 Å². The molecule has 84 valence electrons. The van der Waals surface area contributed by atoms with Crippen LogP contribution < -0.4 is 5.32 Å². The van der Waals surface area contributed by atoms with Crippen LogP contribution in [0, 0.1) is 16.7 Å². The summed E-state index contributed by atoms with van der Waals surface area (Å²) in [4.78, 5) is 18.6. The first-order valence-corrected chi connectivity index (χ1v) is 5.07. The highest BCUT2D eigenvalue weighted by molar-refractivity contribution is 5.96. The van der Waals surface area contributed by atoms with Crippen LogP contribution in [-0.4, -0.2) is 29.1 Å². The quantitative estimate of drug-likeness (QED) is 0.766. The third-order valence-corrected chi connectivity index (χ3v) is 2.73. The number of hydrogen-bond donors (Lipinski definition) is 2. The van der Waals surface area contributed by atoms with Crippen LogP contribution in [0.2, 0.25) is 0 Å². The van der Waals surface area contributed by atoms with Crippen LogP contribution in [-0.2, 0) is 9.53 Å². The maximum absolute atomic E-state index is 12.0. The van der Waals surface area contributed by atoms with Gasteiger partial charge in [0.2, 0.25) is 11.9 Å². The molecule has 1 aromatic rings. The molecule has 16 heavy (non-hydrogen) atoms. The van der Waals surface area contributed by atoms with Gasteiger partial charge in [-0.3, -0.25) is 10.1 Å². The number of nitrogens with zero attached hydrogens (tertiary/aromatic N) is 2. The lowest BCUT2D eigenvalue weighted by Gasteiger charge is -2.28. The largest absolute Gasteiger partial charge is 0.381 e. The minimum Gasteiger partial charge on any atom is -0.381 e. The molecule has 1 aliphatic rings. The highest BCUT2D eigenvalue weighted by Gasteiger charge is 2.40. The summed E-state index contributed by atoms with van der Waals surface area (Å²) in [6, 6.07) is 2.10. The van der Waals surface area contributed by atoms with E-state index in [9.17, 15) is 4.79 Å². The Balaban J connectivity index is 2.10. The summed E-state index contributed by atoms with van der Waals surface area (Å²) in [7, 11) is 0. The van der Waals surface area contributed by atoms with Crippen molar-refractivity contribution < 1.29 is 9.53 Å². The van der Waals surface area contributed by atoms with Crippen molar-refractivity contribution in [2.75, 3.05) is 18.5 Å². The molecule has 2 rings (SSSR count). The molecule has 1 aliphatic heterocycles. The van der Waals surface area contributed by atoms with Gasteiger partial charge < -0.3 is 9.72 Å². The molecule has 6 nitrogen and oxygen atoms in total. The van der Waals surface area contributed by atoms with Gasteiger partial charge in [0.05, 0.1) is 6.07 Å². The molecule has 2 N–H and O–H groups in total. The summed E-state index contributed by atoms with van der Waals surface area (Å²) in [5, 5.41) is 11.7. The Morgan fingerprint density at radius 2 is 2.38 bits per heavy atom. The molecule has 2 heterocycles. The van der Waals surface area contributed by atoms with E-state index < -0.39 is 5.41 Å². The molecular weight excluding hydrogens is 208 g/mol. The number of aromatic nitrogens is 2. The summed E-state index contributed by atoms with van der Waals surface area (Å²) in [6.07, 6.45) is 4.00. The van der Waals surface area contributed by atoms with Crippen molar-refractivity contribution >= 4 is 11.9 Å². The van der Waals surface area contributed by atoms with Crippen LogP contribution in [0.15, 0.2) is 12.4 Å². The molecule has 1 aromatic heterocycles. The second-order valence-electron chi connectivity index (χ2n) is 3.70. The van der Waals surface area contributed by atoms with Gasteiger partial charge in [0.1, 0.15) is 5.41 Å². The van der Waals surface area contributed by atoms with E-state index in [1.54, 1.807) is 12.4 Å². The number of hydrogen-bond acceptors (Lipinski definition) is 4. The van der Waals surface area contributed by atoms with Gasteiger partial charge in [-0.1, -0.05) is 0 Å². The number of ether oxygens (including phenoxy) is 1. The Bertz CT molecular complexity index is 401. The fourth-order valence-corrected chi connectivity index (χ4v) is 1.67. The standard InChI is InChI=1S/C10H12N4O2/c11-7-10(1-5-16-6-2-10)8(15)14-9-12-3-4-13-9/h3-4H,1-2,5-6H2,(H2,12,13,14,15). The van der Waals surface area contributed by atoms with Crippen LogP contribution in [0.3, 0.4) is 0 Å². The van der Waals surface area contributed by atoms with Gasteiger partial charge in [0.25, 0.3) is 0 Å². The van der Waals surface area contributed by atoms with Crippen LogP contribution in [0.4, 0.5) is 5.95 Å². The van der Waals surface area contributed by atoms with Crippen molar-refractivity contribution in [1.82, 2.24) is 9.97 Å². The van der Waals surface area contributed by atoms with Gasteiger partial charge in [-0.25, -0.2) is 4.98 Å². The fourth-order valence-electron chi connectivity index (χ4n) is 1.67. The third kappa shape index (κ3) is 1.90. The average Bonchev–Trinajstić information content (AvgIpc) is 2.82. The lowest BCUT2D eigenvalue weighted by atomic mass is 9.81. The molecule has 0 aliphatic carbocycles. The number of nitrogens with one attached hydrogen (secondary N) is 2. The van der Waals surface area contributed by atoms with E-state index in [1.807, 2.05) is 0 Å². The molecule has 0 aromatic carbocycles. The lowest BCUT2D eigenvalue weighted by molar-refractivity contribution is -0.126. The Morgan fingerprint density at radius 1 is 1.62 bits per heavy atom. The highest BCUT2D eigenvalue weighted by Crippen LogP contribution is 2.30. The maximum Gasteiger partial charge on any atom is 0.247 e. The molecule has 0 unspecified atom stereocenters. The van der Waals surface area contributed by atoms with Crippen molar-refractivity contribution in [3.63, 3.8) is 0 Å². The molecule has 0 radical (unpaired) electrons. The lowest BCUT2D eigenvalue weighted by Crippen LogP contribution is -2.40. The zero-order chi connectivity index (χ0) is 11.4. The molecule has 1 saturated heterocycles. The second-order valence-corrected chi connectivity index (χ2v) is 3.70. The normalized spacial score (nSPS) is 18.7. The minimum absolute atomic E-state index is 0.312. The molecule has 6 heteroatoms. The number of H-pyrrole nitrogens is 1. The van der Waals surface area contributed by atoms with Gasteiger partial charge in [-0.05, 0) is 12.8 Å². The number of nitriles is 1. The second kappa shape index (κ2) is 4.33. The van der Waals surface area contributed by atoms with Crippen LogP contribution in [0.5, 0.6) is 0 Å². The summed E-state index contributed by atoms with van der Waals surface area (Å²) >= 11 is 0. The zero-order valence-electron chi connectivity index (χ0n) is 8.69. The molecular formula is C10H12N4O2. The molecule has 1 fully saturated rings. The molecule has 0 bridgehead atoms. The highest BCUT2D eigenvalue weighted by atomic mass is 16.5. The molecule has 0 spiro atoms. The van der Waals surface area contributed by atoms with Gasteiger partial charge >= 0.3 is 0 Å². The van der Waals surface area contributed by atoms with Gasteiger partial charge in [0, 0.05) is 25.6 Å². The number of amides is 1. The van der Waals surface area contributed by atoms with Crippen molar-refractivity contribution in [1.29, 1.82) is 5.26 Å².